The Balaban J connectivity index is 1.14. The van der Waals surface area contributed by atoms with E-state index in [2.05, 4.69) is 27.8 Å². The van der Waals surface area contributed by atoms with Crippen molar-refractivity contribution < 1.29 is 27.8 Å². The second-order valence-electron chi connectivity index (χ2n) is 11.4. The van der Waals surface area contributed by atoms with E-state index in [-0.39, 0.29) is 30.6 Å². The standard InChI is InChI=1S/C27H36F3N9O3/c1-17-22(14-37(33-17)15-23(40)36-10-8-35(2)9-11-36)31-25-32-24-21(4-3-7-38(24)34-25)18-12-19-5-6-20(13-18)39(19)26(41)42-16-27(28,29)30/h3-4,7,12,14,17,19-20,26,33,41H,5-6,8-11,13,15-16H2,1-2H3,(H,31,34). The molecule has 2 bridgehead atoms. The normalized spacial score (nSPS) is 26.1. The number of aliphatic hydroxyl groups excluding tert-OH is 1. The summed E-state index contributed by atoms with van der Waals surface area (Å²) in [5, 5.41) is 20.0. The molecule has 0 saturated carbocycles. The van der Waals surface area contributed by atoms with E-state index in [1.165, 1.54) is 0 Å². The molecule has 42 heavy (non-hydrogen) atoms. The van der Waals surface area contributed by atoms with E-state index in [1.54, 1.807) is 14.4 Å². The van der Waals surface area contributed by atoms with Crippen molar-refractivity contribution in [2.24, 2.45) is 0 Å². The second-order valence-corrected chi connectivity index (χ2v) is 11.4. The van der Waals surface area contributed by atoms with Gasteiger partial charge in [-0.2, -0.15) is 18.2 Å². The van der Waals surface area contributed by atoms with Crippen LogP contribution in [0.3, 0.4) is 0 Å². The summed E-state index contributed by atoms with van der Waals surface area (Å²) in [6.07, 6.45) is 1.54. The van der Waals surface area contributed by atoms with Crippen molar-refractivity contribution in [3.8, 4) is 0 Å². The van der Waals surface area contributed by atoms with Crippen molar-refractivity contribution in [2.45, 2.75) is 56.9 Å². The predicted molar refractivity (Wildman–Crippen MR) is 147 cm³/mol. The number of likely N-dealkylation sites (N-methyl/N-ethyl adjacent to an activating group) is 1. The van der Waals surface area contributed by atoms with Crippen LogP contribution in [0.5, 0.6) is 0 Å². The molecule has 12 nitrogen and oxygen atoms in total. The summed E-state index contributed by atoms with van der Waals surface area (Å²) >= 11 is 0. The highest BCUT2D eigenvalue weighted by molar-refractivity contribution is 5.79. The smallest absolute Gasteiger partial charge is 0.356 e. The Morgan fingerprint density at radius 3 is 2.79 bits per heavy atom. The zero-order chi connectivity index (χ0) is 29.6. The number of carbonyl (C=O) groups excluding carboxylic acids is 1. The molecule has 4 aliphatic heterocycles. The maximum atomic E-state index is 12.8. The zero-order valence-corrected chi connectivity index (χ0v) is 23.6. The number of anilines is 1. The molecular formula is C27H36F3N9O3. The molecule has 1 amide bonds. The van der Waals surface area contributed by atoms with Gasteiger partial charge < -0.3 is 30.0 Å². The van der Waals surface area contributed by atoms with Gasteiger partial charge >= 0.3 is 6.18 Å². The molecule has 2 fully saturated rings. The van der Waals surface area contributed by atoms with Crippen LogP contribution in [0.15, 0.2) is 36.3 Å². The first-order valence-electron chi connectivity index (χ1n) is 14.2. The number of hydrogen-bond donors (Lipinski definition) is 3. The number of hydrogen-bond acceptors (Lipinski definition) is 10. The van der Waals surface area contributed by atoms with E-state index < -0.39 is 19.2 Å². The maximum Gasteiger partial charge on any atom is 0.411 e. The van der Waals surface area contributed by atoms with Gasteiger partial charge in [0.1, 0.15) is 13.2 Å². The number of halogens is 3. The van der Waals surface area contributed by atoms with Crippen molar-refractivity contribution >= 4 is 23.1 Å². The SMILES string of the molecule is CC1NN(CC(=O)N2CCN(C)CC2)C=C1Nc1nc2c(C3=CC4CCC(C3)N4C(O)OCC(F)(F)F)cccn2n1. The average molecular weight is 592 g/mol. The van der Waals surface area contributed by atoms with Gasteiger partial charge in [0, 0.05) is 56.2 Å². The highest BCUT2D eigenvalue weighted by Gasteiger charge is 2.42. The number of alkyl halides is 3. The molecule has 4 atom stereocenters. The largest absolute Gasteiger partial charge is 0.411 e. The lowest BCUT2D eigenvalue weighted by Gasteiger charge is -2.37. The van der Waals surface area contributed by atoms with Crippen LogP contribution in [0.2, 0.25) is 0 Å². The van der Waals surface area contributed by atoms with Crippen LogP contribution in [0.4, 0.5) is 19.1 Å². The summed E-state index contributed by atoms with van der Waals surface area (Å²) in [5.74, 6) is 0.482. The summed E-state index contributed by atoms with van der Waals surface area (Å²) in [4.78, 5) is 23.3. The van der Waals surface area contributed by atoms with Crippen LogP contribution in [-0.4, -0.2) is 122 Å². The number of rotatable bonds is 8. The molecule has 2 saturated heterocycles. The lowest BCUT2D eigenvalue weighted by Crippen LogP contribution is -2.50. The van der Waals surface area contributed by atoms with E-state index in [0.29, 0.717) is 18.0 Å². The van der Waals surface area contributed by atoms with Crippen molar-refractivity contribution in [3.63, 3.8) is 0 Å². The first-order chi connectivity index (χ1) is 20.0. The number of nitrogens with zero attached hydrogens (tertiary/aromatic N) is 7. The zero-order valence-electron chi connectivity index (χ0n) is 23.6. The van der Waals surface area contributed by atoms with Crippen LogP contribution in [0.1, 0.15) is 31.7 Å². The molecule has 0 spiro atoms. The molecule has 0 aliphatic carbocycles. The number of aliphatic hydroxyl groups is 1. The number of carbonyl (C=O) groups is 1. The van der Waals surface area contributed by atoms with Gasteiger partial charge in [0.15, 0.2) is 5.65 Å². The van der Waals surface area contributed by atoms with Crippen LogP contribution in [0.25, 0.3) is 11.2 Å². The molecule has 4 aliphatic rings. The first kappa shape index (κ1) is 28.9. The predicted octanol–water partition coefficient (Wildman–Crippen LogP) is 1.44. The van der Waals surface area contributed by atoms with Gasteiger partial charge in [-0.25, -0.2) is 14.8 Å². The van der Waals surface area contributed by atoms with E-state index in [0.717, 1.165) is 55.9 Å². The Morgan fingerprint density at radius 2 is 2.05 bits per heavy atom. The number of piperazine rings is 1. The van der Waals surface area contributed by atoms with Crippen molar-refractivity contribution in [2.75, 3.05) is 51.7 Å². The molecule has 6 heterocycles. The fourth-order valence-corrected chi connectivity index (χ4v) is 6.17. The van der Waals surface area contributed by atoms with Crippen molar-refractivity contribution in [3.05, 3.63) is 41.9 Å². The van der Waals surface area contributed by atoms with Gasteiger partial charge in [0.05, 0.1) is 11.7 Å². The summed E-state index contributed by atoms with van der Waals surface area (Å²) in [6.45, 7) is 3.91. The van der Waals surface area contributed by atoms with Gasteiger partial charge in [-0.1, -0.05) is 6.08 Å². The minimum absolute atomic E-state index is 0.0727. The minimum atomic E-state index is -4.51. The number of ether oxygens (including phenoxy) is 1. The molecule has 3 N–H and O–H groups in total. The van der Waals surface area contributed by atoms with Crippen molar-refractivity contribution in [1.82, 2.24) is 39.7 Å². The van der Waals surface area contributed by atoms with E-state index in [4.69, 9.17) is 9.72 Å². The minimum Gasteiger partial charge on any atom is -0.356 e. The Labute approximate surface area is 241 Å². The molecule has 15 heteroatoms. The number of pyridine rings is 1. The third-order valence-electron chi connectivity index (χ3n) is 8.35. The second kappa shape index (κ2) is 11.4. The Kier molecular flexibility index (Phi) is 7.87. The van der Waals surface area contributed by atoms with Crippen LogP contribution < -0.4 is 10.7 Å². The highest BCUT2D eigenvalue weighted by atomic mass is 19.4. The van der Waals surface area contributed by atoms with Gasteiger partial charge in [-0.05, 0) is 50.9 Å². The van der Waals surface area contributed by atoms with E-state index in [9.17, 15) is 23.1 Å². The molecule has 2 aromatic rings. The number of hydrazine groups is 1. The number of amides is 1. The summed E-state index contributed by atoms with van der Waals surface area (Å²) in [7, 11) is 2.05. The number of aromatic nitrogens is 3. The van der Waals surface area contributed by atoms with Crippen LogP contribution >= 0.6 is 0 Å². The third-order valence-corrected chi connectivity index (χ3v) is 8.35. The molecule has 0 aromatic carbocycles. The van der Waals surface area contributed by atoms with Crippen molar-refractivity contribution in [1.29, 1.82) is 0 Å². The Morgan fingerprint density at radius 1 is 1.26 bits per heavy atom. The molecule has 6 rings (SSSR count). The molecule has 2 aromatic heterocycles. The van der Waals surface area contributed by atoms with Gasteiger partial charge in [-0.15, -0.1) is 5.10 Å². The van der Waals surface area contributed by atoms with E-state index >= 15 is 0 Å². The van der Waals surface area contributed by atoms with Crippen LogP contribution in [0, 0.1) is 0 Å². The highest BCUT2D eigenvalue weighted by Crippen LogP contribution is 2.40. The molecular weight excluding hydrogens is 555 g/mol. The first-order valence-corrected chi connectivity index (χ1v) is 14.2. The van der Waals surface area contributed by atoms with Gasteiger partial charge in [-0.3, -0.25) is 4.79 Å². The quantitative estimate of drug-likeness (QED) is 0.390. The maximum absolute atomic E-state index is 12.8. The molecule has 228 valence electrons. The molecule has 0 radical (unpaired) electrons. The fourth-order valence-electron chi connectivity index (χ4n) is 6.17. The Hall–Kier alpha value is -3.24. The Bertz CT molecular complexity index is 1370. The lowest BCUT2D eigenvalue weighted by molar-refractivity contribution is -0.261. The average Bonchev–Trinajstić information content (AvgIpc) is 3.59. The van der Waals surface area contributed by atoms with E-state index in [1.807, 2.05) is 42.4 Å². The topological polar surface area (TPSA) is 114 Å². The third kappa shape index (κ3) is 6.10. The van der Waals surface area contributed by atoms with Gasteiger partial charge in [0.25, 0.3) is 0 Å². The monoisotopic (exact) mass is 591 g/mol. The van der Waals surface area contributed by atoms with Gasteiger partial charge in [0.2, 0.25) is 18.3 Å². The number of fused-ring (bicyclic) bond motifs is 3. The summed E-state index contributed by atoms with van der Waals surface area (Å²) in [6, 6.07) is 3.37. The van der Waals surface area contributed by atoms with Crippen LogP contribution in [-0.2, 0) is 9.53 Å². The lowest BCUT2D eigenvalue weighted by atomic mass is 9.95. The fraction of sp³-hybridized carbons (Fsp3) is 0.593. The summed E-state index contributed by atoms with van der Waals surface area (Å²) < 4.78 is 44.3. The summed E-state index contributed by atoms with van der Waals surface area (Å²) in [5.41, 5.74) is 6.67. The molecule has 4 unspecified atom stereocenters. The number of nitrogens with one attached hydrogen (secondary N) is 2.